The first-order chi connectivity index (χ1) is 45.3. The summed E-state index contributed by atoms with van der Waals surface area (Å²) in [5.74, 6) is 0. The summed E-state index contributed by atoms with van der Waals surface area (Å²) in [5, 5.41) is 26.3. The molecule has 0 fully saturated rings. The normalized spacial score (nSPS) is 12.1. The number of rotatable bonds is 6. The molecule has 8 heteroatoms. The van der Waals surface area contributed by atoms with Crippen molar-refractivity contribution in [2.75, 3.05) is 0 Å². The molecule has 6 nitrogen and oxygen atoms in total. The number of thiophene rings is 2. The molecule has 0 atom stereocenters. The number of nitriles is 1. The van der Waals surface area contributed by atoms with Crippen molar-refractivity contribution in [1.82, 2.24) is 18.3 Å². The van der Waals surface area contributed by atoms with E-state index >= 15 is 0 Å². The van der Waals surface area contributed by atoms with E-state index in [2.05, 4.69) is 295 Å². The van der Waals surface area contributed by atoms with E-state index in [1.54, 1.807) is 11.3 Å². The fraction of sp³-hybridized carbons (Fsp3) is 0.0476. The predicted octanol–water partition coefficient (Wildman–Crippen LogP) is 23.8. The Labute approximate surface area is 536 Å². The van der Waals surface area contributed by atoms with E-state index in [1.807, 2.05) is 11.3 Å². The predicted molar refractivity (Wildman–Crippen MR) is 390 cm³/mol. The summed E-state index contributed by atoms with van der Waals surface area (Å²) in [4.78, 5) is 5.03. The molecule has 0 amide bonds. The van der Waals surface area contributed by atoms with E-state index in [-0.39, 0.29) is 0 Å². The van der Waals surface area contributed by atoms with E-state index < -0.39 is 0 Å². The lowest BCUT2D eigenvalue weighted by molar-refractivity contribution is 1.14. The number of aromatic nitrogens is 4. The van der Waals surface area contributed by atoms with Crippen LogP contribution in [-0.2, 0) is 0 Å². The molecule has 92 heavy (non-hydrogen) atoms. The zero-order valence-electron chi connectivity index (χ0n) is 50.6. The zero-order chi connectivity index (χ0) is 61.4. The van der Waals surface area contributed by atoms with Gasteiger partial charge in [-0.3, -0.25) is 0 Å². The second-order valence-corrected chi connectivity index (χ2v) is 26.7. The van der Waals surface area contributed by atoms with Crippen LogP contribution in [0, 0.1) is 45.6 Å². The SMILES string of the molecule is [C-]#[N+]c1c(-c2cccc3c2c2ccccc2n3-c2ccccc2)c(C#N)c(-n2c3cc(C)c(C)cc3c3ccc4c5ccccc5sc4c32)c(-c2cccc3c2c2ccccc2n3-c2ccccc2)c1-n1c2cc(C)c(C)cc2c2ccc3c4ccccc4sc3c21. The van der Waals surface area contributed by atoms with Gasteiger partial charge in [-0.25, -0.2) is 4.85 Å². The minimum Gasteiger partial charge on any atom is -0.317 e. The fourth-order valence-corrected chi connectivity index (χ4v) is 18.1. The average Bonchev–Trinajstić information content (AvgIpc) is 1.45. The average molecular weight is 1210 g/mol. The molecule has 0 saturated carbocycles. The molecule has 0 saturated heterocycles. The summed E-state index contributed by atoms with van der Waals surface area (Å²) in [5.41, 5.74) is 20.1. The second kappa shape index (κ2) is 19.5. The standard InChI is InChI=1S/C84H52N6S2/c1-47-42-63-55-38-40-57-53-26-14-18-36-72(53)91-83(57)80(55)89(70(63)44-49(47)3)79-65(46-85)76(61-30-20-34-68-74(61)59-28-12-16-32-66(59)87(68)51-22-8-6-9-23-51)78(86-5)82(77(79)62-31-21-35-69-75(62)60-29-13-17-33-67(60)88(69)52-24-10-7-11-25-52)90-71-45-50(4)48(2)43-64(71)56-39-41-58-54-27-15-19-37-73(54)92-84(58)81(56)90/h6-45H,1-4H3. The van der Waals surface area contributed by atoms with Crippen LogP contribution >= 0.6 is 22.7 Å². The van der Waals surface area contributed by atoms with Gasteiger partial charge in [-0.2, -0.15) is 5.26 Å². The molecule has 13 aromatic carbocycles. The highest BCUT2D eigenvalue weighted by Gasteiger charge is 2.36. The lowest BCUT2D eigenvalue weighted by Gasteiger charge is -2.27. The minimum absolute atomic E-state index is 0.392. The third kappa shape index (κ3) is 7.05. The van der Waals surface area contributed by atoms with Crippen molar-refractivity contribution >= 4 is 156 Å². The molecule has 0 unspecified atom stereocenters. The first-order valence-electron chi connectivity index (χ1n) is 31.2. The van der Waals surface area contributed by atoms with Crippen LogP contribution in [0.2, 0.25) is 0 Å². The topological polar surface area (TPSA) is 47.9 Å². The highest BCUT2D eigenvalue weighted by molar-refractivity contribution is 7.27. The fourth-order valence-electron chi connectivity index (χ4n) is 15.6. The van der Waals surface area contributed by atoms with Gasteiger partial charge in [-0.15, -0.1) is 22.7 Å². The van der Waals surface area contributed by atoms with Crippen molar-refractivity contribution in [1.29, 1.82) is 5.26 Å². The molecule has 0 radical (unpaired) electrons. The Balaban J connectivity index is 1.14. The van der Waals surface area contributed by atoms with Crippen LogP contribution in [0.25, 0.3) is 177 Å². The third-order valence-electron chi connectivity index (χ3n) is 19.8. The highest BCUT2D eigenvalue weighted by Crippen LogP contribution is 2.57. The van der Waals surface area contributed by atoms with Crippen molar-refractivity contribution in [3.05, 3.63) is 282 Å². The van der Waals surface area contributed by atoms with Gasteiger partial charge in [0, 0.05) is 96.5 Å². The molecule has 6 heterocycles. The lowest BCUT2D eigenvalue weighted by atomic mass is 9.86. The summed E-state index contributed by atoms with van der Waals surface area (Å²) < 4.78 is 14.3. The number of nitrogens with zero attached hydrogens (tertiary/aromatic N) is 6. The lowest BCUT2D eigenvalue weighted by Crippen LogP contribution is -2.09. The van der Waals surface area contributed by atoms with Crippen LogP contribution in [0.3, 0.4) is 0 Å². The van der Waals surface area contributed by atoms with Crippen molar-refractivity contribution < 1.29 is 0 Å². The van der Waals surface area contributed by atoms with Crippen molar-refractivity contribution in [2.24, 2.45) is 0 Å². The number of aryl methyl sites for hydroxylation is 4. The Bertz CT molecular complexity index is 6330. The van der Waals surface area contributed by atoms with Crippen LogP contribution in [0.15, 0.2) is 243 Å². The first-order valence-corrected chi connectivity index (χ1v) is 32.8. The van der Waals surface area contributed by atoms with Crippen LogP contribution in [0.1, 0.15) is 27.8 Å². The molecule has 19 rings (SSSR count). The van der Waals surface area contributed by atoms with Gasteiger partial charge >= 0.3 is 0 Å². The number of para-hydroxylation sites is 4. The van der Waals surface area contributed by atoms with Crippen LogP contribution in [-0.4, -0.2) is 18.3 Å². The Morgan fingerprint density at radius 3 is 1.23 bits per heavy atom. The van der Waals surface area contributed by atoms with E-state index in [1.165, 1.54) is 31.3 Å². The van der Waals surface area contributed by atoms with Gasteiger partial charge in [-0.1, -0.05) is 158 Å². The molecule has 0 aliphatic carbocycles. The highest BCUT2D eigenvalue weighted by atomic mass is 32.1. The van der Waals surface area contributed by atoms with Crippen LogP contribution < -0.4 is 0 Å². The number of fused-ring (bicyclic) bond motifs is 20. The van der Waals surface area contributed by atoms with Gasteiger partial charge in [0.25, 0.3) is 0 Å². The van der Waals surface area contributed by atoms with Crippen molar-refractivity contribution in [2.45, 2.75) is 27.7 Å². The molecule has 430 valence electrons. The van der Waals surface area contributed by atoms with Gasteiger partial charge in [0.1, 0.15) is 6.07 Å². The smallest absolute Gasteiger partial charge is 0.220 e. The summed E-state index contributed by atoms with van der Waals surface area (Å²) in [6.07, 6.45) is 0. The van der Waals surface area contributed by atoms with E-state index in [4.69, 9.17) is 4.85 Å². The van der Waals surface area contributed by atoms with Gasteiger partial charge in [-0.05, 0) is 146 Å². The monoisotopic (exact) mass is 1210 g/mol. The van der Waals surface area contributed by atoms with E-state index in [0.29, 0.717) is 28.2 Å². The quantitative estimate of drug-likeness (QED) is 0.153. The zero-order valence-corrected chi connectivity index (χ0v) is 52.2. The molecule has 0 spiro atoms. The molecule has 0 aliphatic heterocycles. The minimum atomic E-state index is 0.392. The largest absolute Gasteiger partial charge is 0.317 e. The maximum absolute atomic E-state index is 13.2. The van der Waals surface area contributed by atoms with Gasteiger partial charge in [0.15, 0.2) is 0 Å². The third-order valence-corrected chi connectivity index (χ3v) is 22.2. The summed E-state index contributed by atoms with van der Waals surface area (Å²) in [6, 6.07) is 91.0. The molecule has 0 N–H and O–H groups in total. The Hall–Kier alpha value is -11.5. The van der Waals surface area contributed by atoms with Gasteiger partial charge < -0.3 is 18.3 Å². The Morgan fingerprint density at radius 2 is 0.750 bits per heavy atom. The van der Waals surface area contributed by atoms with E-state index in [9.17, 15) is 11.8 Å². The number of benzene rings is 13. The Kier molecular flexibility index (Phi) is 11.1. The van der Waals surface area contributed by atoms with Gasteiger partial charge in [0.05, 0.1) is 77.0 Å². The molecule has 0 aliphatic rings. The molecule has 0 bridgehead atoms. The summed E-state index contributed by atoms with van der Waals surface area (Å²) >= 11 is 3.61. The second-order valence-electron chi connectivity index (χ2n) is 24.6. The summed E-state index contributed by atoms with van der Waals surface area (Å²) in [6.45, 7) is 19.1. The number of hydrogen-bond donors (Lipinski definition) is 0. The Morgan fingerprint density at radius 1 is 0.348 bits per heavy atom. The summed E-state index contributed by atoms with van der Waals surface area (Å²) in [7, 11) is 0. The van der Waals surface area contributed by atoms with Crippen molar-refractivity contribution in [3.63, 3.8) is 0 Å². The van der Waals surface area contributed by atoms with Crippen molar-refractivity contribution in [3.8, 4) is 51.1 Å². The first kappa shape index (κ1) is 52.4. The van der Waals surface area contributed by atoms with Crippen LogP contribution in [0.5, 0.6) is 0 Å². The molecular weight excluding hydrogens is 1160 g/mol. The van der Waals surface area contributed by atoms with Gasteiger partial charge in [0.2, 0.25) is 5.69 Å². The maximum Gasteiger partial charge on any atom is 0.220 e. The van der Waals surface area contributed by atoms with Crippen LogP contribution in [0.4, 0.5) is 5.69 Å². The molecule has 6 aromatic heterocycles. The molecule has 19 aromatic rings. The number of hydrogen-bond acceptors (Lipinski definition) is 3. The van der Waals surface area contributed by atoms with E-state index in [0.717, 1.165) is 147 Å². The molecular formula is C84H52N6S2. The maximum atomic E-state index is 13.2.